The van der Waals surface area contributed by atoms with E-state index >= 15 is 0 Å². The molecule has 0 unspecified atom stereocenters. The normalized spacial score (nSPS) is 10.3. The van der Waals surface area contributed by atoms with Crippen LogP contribution in [0.3, 0.4) is 0 Å². The van der Waals surface area contributed by atoms with Crippen LogP contribution in [-0.2, 0) is 0 Å². The van der Waals surface area contributed by atoms with Gasteiger partial charge in [0, 0.05) is 5.69 Å². The van der Waals surface area contributed by atoms with Gasteiger partial charge in [-0.05, 0) is 55.0 Å². The first-order chi connectivity index (χ1) is 12.2. The lowest BCUT2D eigenvalue weighted by molar-refractivity contribution is 0.0950. The number of furan rings is 1. The third-order valence-electron chi connectivity index (χ3n) is 3.60. The van der Waals surface area contributed by atoms with Crippen molar-refractivity contribution in [1.29, 1.82) is 0 Å². The van der Waals surface area contributed by atoms with Crippen LogP contribution in [0.1, 0.15) is 49.6 Å². The van der Waals surface area contributed by atoms with Crippen molar-refractivity contribution in [3.05, 3.63) is 48.4 Å². The van der Waals surface area contributed by atoms with Gasteiger partial charge in [-0.25, -0.2) is 0 Å². The van der Waals surface area contributed by atoms with Gasteiger partial charge >= 0.3 is 0 Å². The Hall–Kier alpha value is -2.34. The molecule has 1 aromatic heterocycles. The SMILES string of the molecule is CCCCCCCOc1ccc(NC(=S)NC(=O)c2ccco2)cc1. The summed E-state index contributed by atoms with van der Waals surface area (Å²) >= 11 is 5.12. The van der Waals surface area contributed by atoms with Crippen LogP contribution in [0.25, 0.3) is 0 Å². The summed E-state index contributed by atoms with van der Waals surface area (Å²) in [7, 11) is 0. The molecule has 0 bridgehead atoms. The maximum Gasteiger partial charge on any atom is 0.293 e. The lowest BCUT2D eigenvalue weighted by Gasteiger charge is -2.10. The monoisotopic (exact) mass is 360 g/mol. The van der Waals surface area contributed by atoms with E-state index in [9.17, 15) is 4.79 Å². The van der Waals surface area contributed by atoms with E-state index in [1.54, 1.807) is 12.1 Å². The van der Waals surface area contributed by atoms with Crippen LogP contribution in [0.5, 0.6) is 5.75 Å². The van der Waals surface area contributed by atoms with E-state index in [2.05, 4.69) is 17.6 Å². The van der Waals surface area contributed by atoms with Gasteiger partial charge in [-0.3, -0.25) is 10.1 Å². The minimum atomic E-state index is -0.384. The highest BCUT2D eigenvalue weighted by atomic mass is 32.1. The predicted octanol–water partition coefficient (Wildman–Crippen LogP) is 4.76. The molecular weight excluding hydrogens is 336 g/mol. The van der Waals surface area contributed by atoms with Crippen molar-refractivity contribution < 1.29 is 13.9 Å². The van der Waals surface area contributed by atoms with E-state index in [1.807, 2.05) is 24.3 Å². The molecule has 0 aliphatic rings. The smallest absolute Gasteiger partial charge is 0.293 e. The molecule has 0 spiro atoms. The average molecular weight is 360 g/mol. The van der Waals surface area contributed by atoms with Gasteiger partial charge in [0.1, 0.15) is 5.75 Å². The maximum atomic E-state index is 11.8. The second-order valence-electron chi connectivity index (χ2n) is 5.67. The van der Waals surface area contributed by atoms with Crippen LogP contribution in [0.15, 0.2) is 47.1 Å². The molecule has 1 aromatic carbocycles. The molecule has 0 aliphatic carbocycles. The summed E-state index contributed by atoms with van der Waals surface area (Å²) in [6.45, 7) is 2.94. The number of carbonyl (C=O) groups is 1. The fourth-order valence-electron chi connectivity index (χ4n) is 2.26. The summed E-state index contributed by atoms with van der Waals surface area (Å²) in [5.74, 6) is 0.656. The molecule has 0 atom stereocenters. The summed E-state index contributed by atoms with van der Waals surface area (Å²) < 4.78 is 10.7. The molecule has 1 amide bonds. The van der Waals surface area contributed by atoms with Gasteiger partial charge in [0.05, 0.1) is 12.9 Å². The Kier molecular flexibility index (Phi) is 7.98. The van der Waals surface area contributed by atoms with E-state index in [0.717, 1.165) is 24.5 Å². The fourth-order valence-corrected chi connectivity index (χ4v) is 2.48. The lowest BCUT2D eigenvalue weighted by Crippen LogP contribution is -2.33. The number of hydrogen-bond acceptors (Lipinski definition) is 4. The molecule has 2 N–H and O–H groups in total. The van der Waals surface area contributed by atoms with Crippen LogP contribution in [-0.4, -0.2) is 17.6 Å². The van der Waals surface area contributed by atoms with Gasteiger partial charge in [-0.15, -0.1) is 0 Å². The first-order valence-electron chi connectivity index (χ1n) is 8.57. The number of nitrogens with one attached hydrogen (secondary N) is 2. The minimum Gasteiger partial charge on any atom is -0.494 e. The van der Waals surface area contributed by atoms with Crippen LogP contribution in [0.4, 0.5) is 5.69 Å². The predicted molar refractivity (Wildman–Crippen MR) is 103 cm³/mol. The Labute approximate surface area is 153 Å². The number of anilines is 1. The van der Waals surface area contributed by atoms with Crippen LogP contribution in [0, 0.1) is 0 Å². The average Bonchev–Trinajstić information content (AvgIpc) is 3.14. The summed E-state index contributed by atoms with van der Waals surface area (Å²) in [6.07, 6.45) is 7.52. The van der Waals surface area contributed by atoms with Crippen LogP contribution >= 0.6 is 12.2 Å². The first-order valence-corrected chi connectivity index (χ1v) is 8.98. The molecule has 2 aromatic rings. The van der Waals surface area contributed by atoms with Gasteiger partial charge in [0.15, 0.2) is 10.9 Å². The third-order valence-corrected chi connectivity index (χ3v) is 3.80. The number of amides is 1. The highest BCUT2D eigenvalue weighted by Gasteiger charge is 2.10. The molecule has 6 heteroatoms. The van der Waals surface area contributed by atoms with Crippen molar-refractivity contribution in [1.82, 2.24) is 5.32 Å². The number of hydrogen-bond donors (Lipinski definition) is 2. The van der Waals surface area contributed by atoms with Crippen molar-refractivity contribution >= 4 is 28.9 Å². The highest BCUT2D eigenvalue weighted by molar-refractivity contribution is 7.80. The molecule has 2 rings (SSSR count). The molecular formula is C19H24N2O3S. The Morgan fingerprint density at radius 3 is 2.56 bits per heavy atom. The van der Waals surface area contributed by atoms with Crippen molar-refractivity contribution in [2.75, 3.05) is 11.9 Å². The molecule has 0 radical (unpaired) electrons. The second-order valence-corrected chi connectivity index (χ2v) is 6.08. The largest absolute Gasteiger partial charge is 0.494 e. The Morgan fingerprint density at radius 2 is 1.88 bits per heavy atom. The summed E-state index contributed by atoms with van der Waals surface area (Å²) in [6, 6.07) is 10.7. The van der Waals surface area contributed by atoms with Crippen molar-refractivity contribution in [3.63, 3.8) is 0 Å². The number of rotatable bonds is 9. The molecule has 25 heavy (non-hydrogen) atoms. The summed E-state index contributed by atoms with van der Waals surface area (Å²) in [5, 5.41) is 5.73. The number of unbranched alkanes of at least 4 members (excludes halogenated alkanes) is 4. The lowest BCUT2D eigenvalue weighted by atomic mass is 10.2. The zero-order valence-corrected chi connectivity index (χ0v) is 15.2. The number of thiocarbonyl (C=S) groups is 1. The van der Waals surface area contributed by atoms with Gasteiger partial charge in [0.2, 0.25) is 0 Å². The molecule has 134 valence electrons. The zero-order chi connectivity index (χ0) is 17.9. The third kappa shape index (κ3) is 6.97. The quantitative estimate of drug-likeness (QED) is 0.499. The van der Waals surface area contributed by atoms with Crippen molar-refractivity contribution in [2.24, 2.45) is 0 Å². The molecule has 0 fully saturated rings. The van der Waals surface area contributed by atoms with Gasteiger partial charge in [0.25, 0.3) is 5.91 Å². The first kappa shape index (κ1) is 19.0. The van der Waals surface area contributed by atoms with Crippen molar-refractivity contribution in [3.8, 4) is 5.75 Å². The molecule has 5 nitrogen and oxygen atoms in total. The number of benzene rings is 1. The van der Waals surface area contributed by atoms with Gasteiger partial charge in [-0.1, -0.05) is 32.6 Å². The molecule has 0 aliphatic heterocycles. The van der Waals surface area contributed by atoms with E-state index in [1.165, 1.54) is 31.9 Å². The highest BCUT2D eigenvalue weighted by Crippen LogP contribution is 2.16. The topological polar surface area (TPSA) is 63.5 Å². The van der Waals surface area contributed by atoms with Crippen LogP contribution in [0.2, 0.25) is 0 Å². The van der Waals surface area contributed by atoms with E-state index < -0.39 is 0 Å². The second kappa shape index (κ2) is 10.5. The molecule has 0 saturated heterocycles. The zero-order valence-electron chi connectivity index (χ0n) is 14.4. The number of ether oxygens (including phenoxy) is 1. The van der Waals surface area contributed by atoms with E-state index in [0.29, 0.717) is 0 Å². The standard InChI is InChI=1S/C19H24N2O3S/c1-2-3-4-5-6-13-23-16-11-9-15(10-12-16)20-19(25)21-18(22)17-8-7-14-24-17/h7-12,14H,2-6,13H2,1H3,(H2,20,21,22,25). The van der Waals surface area contributed by atoms with Gasteiger partial charge in [-0.2, -0.15) is 0 Å². The Morgan fingerprint density at radius 1 is 1.12 bits per heavy atom. The minimum absolute atomic E-state index is 0.214. The maximum absolute atomic E-state index is 11.8. The Bertz CT molecular complexity index is 654. The molecule has 0 saturated carbocycles. The van der Waals surface area contributed by atoms with E-state index in [4.69, 9.17) is 21.4 Å². The van der Waals surface area contributed by atoms with Gasteiger partial charge < -0.3 is 14.5 Å². The summed E-state index contributed by atoms with van der Waals surface area (Å²) in [4.78, 5) is 11.8. The fraction of sp³-hybridized carbons (Fsp3) is 0.368. The number of carbonyl (C=O) groups excluding carboxylic acids is 1. The van der Waals surface area contributed by atoms with Crippen molar-refractivity contribution in [2.45, 2.75) is 39.0 Å². The van der Waals surface area contributed by atoms with Crippen LogP contribution < -0.4 is 15.4 Å². The summed E-state index contributed by atoms with van der Waals surface area (Å²) in [5.41, 5.74) is 0.778. The van der Waals surface area contributed by atoms with E-state index in [-0.39, 0.29) is 16.8 Å². The molecule has 1 heterocycles. The Balaban J connectivity index is 1.70.